The Labute approximate surface area is 297 Å². The molecule has 7 nitrogen and oxygen atoms in total. The molecular formula is C37H38Cl3N3O4S. The minimum atomic E-state index is -4.28. The van der Waals surface area contributed by atoms with Crippen LogP contribution in [0.1, 0.15) is 47.9 Å². The molecule has 0 radical (unpaired) electrons. The highest BCUT2D eigenvalue weighted by molar-refractivity contribution is 7.92. The van der Waals surface area contributed by atoms with Crippen molar-refractivity contribution in [2.45, 2.75) is 69.5 Å². The van der Waals surface area contributed by atoms with Crippen LogP contribution < -0.4 is 9.62 Å². The number of benzene rings is 4. The van der Waals surface area contributed by atoms with Crippen LogP contribution in [0.5, 0.6) is 0 Å². The number of nitrogens with one attached hydrogen (secondary N) is 1. The summed E-state index contributed by atoms with van der Waals surface area (Å²) in [7, 11) is -4.28. The first-order valence-corrected chi connectivity index (χ1v) is 18.4. The van der Waals surface area contributed by atoms with Gasteiger partial charge in [-0.05, 0) is 74.2 Å². The molecule has 1 aliphatic rings. The molecule has 1 fully saturated rings. The Morgan fingerprint density at radius 3 is 2.15 bits per heavy atom. The normalized spacial score (nSPS) is 14.0. The maximum Gasteiger partial charge on any atom is 0.264 e. The predicted molar refractivity (Wildman–Crippen MR) is 193 cm³/mol. The summed E-state index contributed by atoms with van der Waals surface area (Å²) in [5, 5.41) is 4.12. The Bertz CT molecular complexity index is 1840. The van der Waals surface area contributed by atoms with Crippen LogP contribution in [-0.2, 0) is 32.6 Å². The van der Waals surface area contributed by atoms with E-state index in [4.69, 9.17) is 34.8 Å². The summed E-state index contributed by atoms with van der Waals surface area (Å²) in [4.78, 5) is 30.4. The predicted octanol–water partition coefficient (Wildman–Crippen LogP) is 8.16. The minimum absolute atomic E-state index is 0.0100. The third kappa shape index (κ3) is 8.53. The minimum Gasteiger partial charge on any atom is -0.352 e. The van der Waals surface area contributed by atoms with Crippen LogP contribution in [0.3, 0.4) is 0 Å². The number of hydrogen-bond acceptors (Lipinski definition) is 4. The molecule has 11 heteroatoms. The molecule has 48 heavy (non-hydrogen) atoms. The summed E-state index contributed by atoms with van der Waals surface area (Å²) in [6.07, 6.45) is 3.91. The second kappa shape index (κ2) is 15.8. The summed E-state index contributed by atoms with van der Waals surface area (Å²) < 4.78 is 29.8. The van der Waals surface area contributed by atoms with Crippen molar-refractivity contribution in [2.75, 3.05) is 10.8 Å². The molecule has 1 saturated carbocycles. The van der Waals surface area contributed by atoms with Crippen molar-refractivity contribution in [1.82, 2.24) is 10.2 Å². The van der Waals surface area contributed by atoms with Crippen LogP contribution in [-0.4, -0.2) is 43.8 Å². The van der Waals surface area contributed by atoms with Gasteiger partial charge in [-0.25, -0.2) is 8.42 Å². The number of hydrogen-bond donors (Lipinski definition) is 1. The Balaban J connectivity index is 1.62. The number of nitrogens with zero attached hydrogens (tertiary/aromatic N) is 2. The van der Waals surface area contributed by atoms with Gasteiger partial charge < -0.3 is 10.2 Å². The van der Waals surface area contributed by atoms with Crippen molar-refractivity contribution >= 4 is 62.3 Å². The largest absolute Gasteiger partial charge is 0.352 e. The van der Waals surface area contributed by atoms with Gasteiger partial charge in [0, 0.05) is 39.6 Å². The van der Waals surface area contributed by atoms with E-state index in [2.05, 4.69) is 5.32 Å². The topological polar surface area (TPSA) is 86.8 Å². The fraction of sp³-hybridized carbons (Fsp3) is 0.297. The van der Waals surface area contributed by atoms with Gasteiger partial charge in [0.15, 0.2) is 0 Å². The summed E-state index contributed by atoms with van der Waals surface area (Å²) in [6, 6.07) is 24.7. The first kappa shape index (κ1) is 35.7. The highest BCUT2D eigenvalue weighted by atomic mass is 35.5. The molecule has 252 valence electrons. The molecule has 0 bridgehead atoms. The molecule has 0 saturated heterocycles. The van der Waals surface area contributed by atoms with Crippen molar-refractivity contribution < 1.29 is 18.0 Å². The zero-order valence-electron chi connectivity index (χ0n) is 26.8. The third-order valence-corrected chi connectivity index (χ3v) is 11.4. The van der Waals surface area contributed by atoms with Crippen molar-refractivity contribution in [1.29, 1.82) is 0 Å². The molecule has 1 atom stereocenters. The molecule has 5 rings (SSSR count). The molecule has 0 aromatic heterocycles. The number of carbonyl (C=O) groups is 2. The lowest BCUT2D eigenvalue weighted by Gasteiger charge is -2.35. The molecule has 0 heterocycles. The number of rotatable bonds is 12. The number of halogens is 3. The van der Waals surface area contributed by atoms with E-state index in [9.17, 15) is 18.0 Å². The van der Waals surface area contributed by atoms with E-state index in [1.165, 1.54) is 23.1 Å². The second-order valence-electron chi connectivity index (χ2n) is 12.2. The van der Waals surface area contributed by atoms with Crippen molar-refractivity contribution in [3.05, 3.63) is 128 Å². The lowest BCUT2D eigenvalue weighted by atomic mass is 10.0. The number of carbonyl (C=O) groups excluding carboxylic acids is 2. The Hall–Kier alpha value is -3.56. The molecule has 2 amide bonds. The number of sulfonamides is 1. The van der Waals surface area contributed by atoms with Gasteiger partial charge in [0.1, 0.15) is 12.6 Å². The van der Waals surface area contributed by atoms with Crippen LogP contribution in [0.2, 0.25) is 15.1 Å². The lowest BCUT2D eigenvalue weighted by Crippen LogP contribution is -2.54. The zero-order chi connectivity index (χ0) is 34.4. The average Bonchev–Trinajstić information content (AvgIpc) is 3.57. The molecule has 0 spiro atoms. The van der Waals surface area contributed by atoms with Crippen molar-refractivity contribution in [3.8, 4) is 0 Å². The van der Waals surface area contributed by atoms with Gasteiger partial charge in [-0.2, -0.15) is 0 Å². The van der Waals surface area contributed by atoms with Crippen LogP contribution in [0.15, 0.2) is 95.9 Å². The van der Waals surface area contributed by atoms with Gasteiger partial charge in [0.05, 0.1) is 10.6 Å². The molecule has 0 aliphatic heterocycles. The van der Waals surface area contributed by atoms with Crippen molar-refractivity contribution in [2.24, 2.45) is 0 Å². The highest BCUT2D eigenvalue weighted by Gasteiger charge is 2.36. The van der Waals surface area contributed by atoms with E-state index < -0.39 is 28.5 Å². The highest BCUT2D eigenvalue weighted by Crippen LogP contribution is 2.32. The number of amides is 2. The van der Waals surface area contributed by atoms with Gasteiger partial charge in [-0.1, -0.05) is 108 Å². The number of anilines is 1. The van der Waals surface area contributed by atoms with Crippen LogP contribution in [0, 0.1) is 13.8 Å². The van der Waals surface area contributed by atoms with Gasteiger partial charge in [0.2, 0.25) is 11.8 Å². The molecular weight excluding hydrogens is 689 g/mol. The first-order chi connectivity index (χ1) is 22.9. The maximum absolute atomic E-state index is 14.8. The first-order valence-electron chi connectivity index (χ1n) is 15.9. The van der Waals surface area contributed by atoms with Gasteiger partial charge >= 0.3 is 0 Å². The van der Waals surface area contributed by atoms with E-state index in [0.29, 0.717) is 26.2 Å². The van der Waals surface area contributed by atoms with E-state index >= 15 is 0 Å². The van der Waals surface area contributed by atoms with Crippen LogP contribution >= 0.6 is 34.8 Å². The molecule has 4 aromatic carbocycles. The summed E-state index contributed by atoms with van der Waals surface area (Å²) in [6.45, 7) is 2.88. The van der Waals surface area contributed by atoms with E-state index in [-0.39, 0.29) is 35.5 Å². The molecule has 4 aromatic rings. The molecule has 1 aliphatic carbocycles. The van der Waals surface area contributed by atoms with Crippen molar-refractivity contribution in [3.63, 3.8) is 0 Å². The third-order valence-electron chi connectivity index (χ3n) is 8.69. The number of aryl methyl sites for hydroxylation is 2. The van der Waals surface area contributed by atoms with E-state index in [1.54, 1.807) is 49.4 Å². The standard InChI is InChI=1S/C37H38Cl3N3O4S/c1-25-15-19-30(20-16-25)48(46,47)43(34-22-28(38)18-17-26(34)2)24-36(44)42(23-31-32(39)13-8-14-33(31)40)35(21-27-9-4-3-5-10-27)37(45)41-29-11-6-7-12-29/h3-5,8-10,13-20,22,29,35H,6-7,11-12,21,23-24H2,1-2H3,(H,41,45). The molecule has 1 unspecified atom stereocenters. The average molecular weight is 727 g/mol. The lowest BCUT2D eigenvalue weighted by molar-refractivity contribution is -0.140. The Kier molecular flexibility index (Phi) is 11.7. The fourth-order valence-electron chi connectivity index (χ4n) is 5.98. The summed E-state index contributed by atoms with van der Waals surface area (Å²) in [5.74, 6) is -0.933. The Morgan fingerprint density at radius 2 is 1.50 bits per heavy atom. The Morgan fingerprint density at radius 1 is 0.854 bits per heavy atom. The second-order valence-corrected chi connectivity index (χ2v) is 15.3. The van der Waals surface area contributed by atoms with Crippen LogP contribution in [0.25, 0.3) is 0 Å². The van der Waals surface area contributed by atoms with Gasteiger partial charge in [0.25, 0.3) is 10.0 Å². The SMILES string of the molecule is Cc1ccc(S(=O)(=O)N(CC(=O)N(Cc2c(Cl)cccc2Cl)C(Cc2ccccc2)C(=O)NC2CCCC2)c2cc(Cl)ccc2C)cc1. The summed E-state index contributed by atoms with van der Waals surface area (Å²) in [5.41, 5.74) is 3.02. The van der Waals surface area contributed by atoms with Gasteiger partial charge in [-0.3, -0.25) is 13.9 Å². The van der Waals surface area contributed by atoms with E-state index in [0.717, 1.165) is 41.1 Å². The smallest absolute Gasteiger partial charge is 0.264 e. The fourth-order valence-corrected chi connectivity index (χ4v) is 8.13. The van der Waals surface area contributed by atoms with Crippen LogP contribution in [0.4, 0.5) is 5.69 Å². The summed E-state index contributed by atoms with van der Waals surface area (Å²) >= 11 is 19.6. The van der Waals surface area contributed by atoms with E-state index in [1.807, 2.05) is 37.3 Å². The quantitative estimate of drug-likeness (QED) is 0.160. The van der Waals surface area contributed by atoms with Gasteiger partial charge in [-0.15, -0.1) is 0 Å². The maximum atomic E-state index is 14.8. The zero-order valence-corrected chi connectivity index (χ0v) is 29.9. The monoisotopic (exact) mass is 725 g/mol. The molecule has 1 N–H and O–H groups in total.